The topological polar surface area (TPSA) is 75.9 Å². The van der Waals surface area contributed by atoms with Gasteiger partial charge in [0.05, 0.1) is 19.9 Å². The lowest BCUT2D eigenvalue weighted by Crippen LogP contribution is -2.44. The van der Waals surface area contributed by atoms with Crippen LogP contribution in [0.1, 0.15) is 31.2 Å². The van der Waals surface area contributed by atoms with Crippen LogP contribution in [0.3, 0.4) is 0 Å². The van der Waals surface area contributed by atoms with Gasteiger partial charge in [-0.3, -0.25) is 9.67 Å². The average molecular weight is 429 g/mol. The molecule has 1 aliphatic rings. The Labute approximate surface area is 185 Å². The third kappa shape index (κ3) is 6.29. The van der Waals surface area contributed by atoms with Gasteiger partial charge in [-0.25, -0.2) is 0 Å². The van der Waals surface area contributed by atoms with Crippen LogP contribution in [0.25, 0.3) is 0 Å². The molecule has 3 rings (SSSR count). The summed E-state index contributed by atoms with van der Waals surface area (Å²) >= 11 is 0. The van der Waals surface area contributed by atoms with Crippen LogP contribution in [0.4, 0.5) is 5.69 Å². The molecule has 2 heterocycles. The molecule has 2 aromatic rings. The number of hydrogen-bond donors (Lipinski definition) is 2. The minimum Gasteiger partial charge on any atom is -0.497 e. The lowest BCUT2D eigenvalue weighted by Gasteiger charge is -2.21. The Hall–Kier alpha value is -2.90. The van der Waals surface area contributed by atoms with Gasteiger partial charge in [-0.1, -0.05) is 0 Å². The second-order valence-electron chi connectivity index (χ2n) is 7.91. The van der Waals surface area contributed by atoms with Gasteiger partial charge in [-0.2, -0.15) is 5.10 Å². The van der Waals surface area contributed by atoms with Crippen LogP contribution < -0.4 is 25.0 Å². The van der Waals surface area contributed by atoms with E-state index in [2.05, 4.69) is 57.4 Å². The molecule has 0 radical (unpaired) electrons. The highest BCUT2D eigenvalue weighted by Crippen LogP contribution is 2.30. The summed E-state index contributed by atoms with van der Waals surface area (Å²) < 4.78 is 12.9. The molecule has 0 spiro atoms. The van der Waals surface area contributed by atoms with Crippen molar-refractivity contribution < 1.29 is 9.47 Å². The fourth-order valence-electron chi connectivity index (χ4n) is 3.91. The van der Waals surface area contributed by atoms with E-state index in [0.717, 1.165) is 74.4 Å². The Morgan fingerprint density at radius 1 is 1.16 bits per heavy atom. The van der Waals surface area contributed by atoms with E-state index in [-0.39, 0.29) is 0 Å². The smallest absolute Gasteiger partial charge is 0.191 e. The quantitative estimate of drug-likeness (QED) is 0.363. The van der Waals surface area contributed by atoms with Crippen molar-refractivity contribution in [2.45, 2.75) is 46.2 Å². The summed E-state index contributed by atoms with van der Waals surface area (Å²) in [6, 6.07) is 8.47. The van der Waals surface area contributed by atoms with Crippen molar-refractivity contribution in [3.05, 3.63) is 35.7 Å². The van der Waals surface area contributed by atoms with E-state index in [9.17, 15) is 0 Å². The number of methoxy groups -OCH3 is 2. The summed E-state index contributed by atoms with van der Waals surface area (Å²) in [4.78, 5) is 7.13. The van der Waals surface area contributed by atoms with Crippen molar-refractivity contribution >= 4 is 11.6 Å². The van der Waals surface area contributed by atoms with Crippen LogP contribution in [0.15, 0.2) is 29.3 Å². The zero-order valence-electron chi connectivity index (χ0n) is 19.4. The minimum atomic E-state index is 0.339. The van der Waals surface area contributed by atoms with Gasteiger partial charge in [0, 0.05) is 68.3 Å². The van der Waals surface area contributed by atoms with Gasteiger partial charge in [0.25, 0.3) is 0 Å². The number of nitrogens with zero attached hydrogens (tertiary/aromatic N) is 4. The molecular weight excluding hydrogens is 392 g/mol. The Bertz CT molecular complexity index is 857. The van der Waals surface area contributed by atoms with Gasteiger partial charge in [0.2, 0.25) is 0 Å². The van der Waals surface area contributed by atoms with Crippen LogP contribution in [0, 0.1) is 13.8 Å². The van der Waals surface area contributed by atoms with Gasteiger partial charge in [0.1, 0.15) is 11.5 Å². The predicted octanol–water partition coefficient (Wildman–Crippen LogP) is 2.74. The van der Waals surface area contributed by atoms with E-state index in [1.807, 2.05) is 13.0 Å². The molecule has 0 amide bonds. The molecule has 1 unspecified atom stereocenters. The number of aryl methyl sites for hydroxylation is 3. The number of ether oxygens (including phenoxy) is 2. The first-order chi connectivity index (χ1) is 15.0. The van der Waals surface area contributed by atoms with Crippen molar-refractivity contribution in [1.29, 1.82) is 0 Å². The van der Waals surface area contributed by atoms with Crippen molar-refractivity contribution in [2.24, 2.45) is 4.99 Å². The average Bonchev–Trinajstić information content (AvgIpc) is 3.36. The number of nitrogens with one attached hydrogen (secondary N) is 2. The third-order valence-corrected chi connectivity index (χ3v) is 5.48. The van der Waals surface area contributed by atoms with Crippen LogP contribution in [0.5, 0.6) is 11.5 Å². The van der Waals surface area contributed by atoms with Crippen LogP contribution in [-0.2, 0) is 6.54 Å². The molecule has 170 valence electrons. The summed E-state index contributed by atoms with van der Waals surface area (Å²) in [7, 11) is 3.36. The largest absolute Gasteiger partial charge is 0.497 e. The first kappa shape index (κ1) is 22.8. The molecule has 0 bridgehead atoms. The maximum absolute atomic E-state index is 5.42. The standard InChI is InChI=1S/C23H36N6O2/c1-6-24-23(25-9-7-10-29-18(3)12-17(2)27-29)26-19-8-11-28(16-19)20-13-21(30-4)15-22(14-20)31-5/h12-15,19H,6-11,16H2,1-5H3,(H2,24,25,26). The number of aliphatic imine (C=N–C) groups is 1. The van der Waals surface area contributed by atoms with Gasteiger partial charge in [0.15, 0.2) is 5.96 Å². The summed E-state index contributed by atoms with van der Waals surface area (Å²) in [5.74, 6) is 2.50. The monoisotopic (exact) mass is 428 g/mol. The predicted molar refractivity (Wildman–Crippen MR) is 126 cm³/mol. The van der Waals surface area contributed by atoms with E-state index in [0.29, 0.717) is 6.04 Å². The highest BCUT2D eigenvalue weighted by molar-refractivity contribution is 5.80. The third-order valence-electron chi connectivity index (χ3n) is 5.48. The van der Waals surface area contributed by atoms with Crippen molar-refractivity contribution in [2.75, 3.05) is 45.3 Å². The van der Waals surface area contributed by atoms with E-state index in [1.165, 1.54) is 5.69 Å². The highest BCUT2D eigenvalue weighted by atomic mass is 16.5. The molecule has 1 aromatic heterocycles. The van der Waals surface area contributed by atoms with Crippen molar-refractivity contribution in [1.82, 2.24) is 20.4 Å². The number of rotatable bonds is 9. The zero-order valence-corrected chi connectivity index (χ0v) is 19.4. The Morgan fingerprint density at radius 3 is 2.52 bits per heavy atom. The molecular formula is C23H36N6O2. The summed E-state index contributed by atoms with van der Waals surface area (Å²) in [6.07, 6.45) is 2.01. The molecule has 1 saturated heterocycles. The Morgan fingerprint density at radius 2 is 1.90 bits per heavy atom. The second-order valence-corrected chi connectivity index (χ2v) is 7.91. The summed E-state index contributed by atoms with van der Waals surface area (Å²) in [5, 5.41) is 11.5. The molecule has 0 saturated carbocycles. The number of guanidine groups is 1. The molecule has 8 nitrogen and oxygen atoms in total. The van der Waals surface area contributed by atoms with Crippen molar-refractivity contribution in [3.8, 4) is 11.5 Å². The number of aromatic nitrogens is 2. The second kappa shape index (κ2) is 10.9. The lowest BCUT2D eigenvalue weighted by atomic mass is 10.2. The molecule has 2 N–H and O–H groups in total. The summed E-state index contributed by atoms with van der Waals surface area (Å²) in [6.45, 7) is 10.6. The first-order valence-corrected chi connectivity index (χ1v) is 11.1. The molecule has 31 heavy (non-hydrogen) atoms. The van der Waals surface area contributed by atoms with Crippen LogP contribution in [-0.4, -0.2) is 62.2 Å². The first-order valence-electron chi connectivity index (χ1n) is 11.1. The molecule has 0 aliphatic carbocycles. The van der Waals surface area contributed by atoms with E-state index in [4.69, 9.17) is 14.5 Å². The lowest BCUT2D eigenvalue weighted by molar-refractivity contribution is 0.394. The summed E-state index contributed by atoms with van der Waals surface area (Å²) in [5.41, 5.74) is 3.38. The number of hydrogen-bond acceptors (Lipinski definition) is 5. The molecule has 1 atom stereocenters. The molecule has 1 aliphatic heterocycles. The maximum Gasteiger partial charge on any atom is 0.191 e. The number of benzene rings is 1. The van der Waals surface area contributed by atoms with Crippen molar-refractivity contribution in [3.63, 3.8) is 0 Å². The number of anilines is 1. The normalized spacial score (nSPS) is 16.5. The fraction of sp³-hybridized carbons (Fsp3) is 0.565. The molecule has 1 fully saturated rings. The van der Waals surface area contributed by atoms with Gasteiger partial charge < -0.3 is 25.0 Å². The Kier molecular flexibility index (Phi) is 8.03. The van der Waals surface area contributed by atoms with Gasteiger partial charge in [-0.15, -0.1) is 0 Å². The molecule has 1 aromatic carbocycles. The minimum absolute atomic E-state index is 0.339. The van der Waals surface area contributed by atoms with E-state index < -0.39 is 0 Å². The van der Waals surface area contributed by atoms with Crippen LogP contribution in [0.2, 0.25) is 0 Å². The van der Waals surface area contributed by atoms with Crippen LogP contribution >= 0.6 is 0 Å². The van der Waals surface area contributed by atoms with Gasteiger partial charge >= 0.3 is 0 Å². The zero-order chi connectivity index (χ0) is 22.2. The molecule has 8 heteroatoms. The maximum atomic E-state index is 5.42. The Balaban J connectivity index is 1.54. The highest BCUT2D eigenvalue weighted by Gasteiger charge is 2.24. The van der Waals surface area contributed by atoms with Gasteiger partial charge in [-0.05, 0) is 39.7 Å². The SMILES string of the molecule is CCNC(=NCCCn1nc(C)cc1C)NC1CCN(c2cc(OC)cc(OC)c2)C1. The van der Waals surface area contributed by atoms with E-state index in [1.54, 1.807) is 14.2 Å². The van der Waals surface area contributed by atoms with E-state index >= 15 is 0 Å². The fourth-order valence-corrected chi connectivity index (χ4v) is 3.91.